The summed E-state index contributed by atoms with van der Waals surface area (Å²) in [5.74, 6) is 0.764. The van der Waals surface area contributed by atoms with Crippen LogP contribution in [0.2, 0.25) is 0 Å². The zero-order chi connectivity index (χ0) is 11.8. The molecule has 0 aliphatic heterocycles. The van der Waals surface area contributed by atoms with Gasteiger partial charge in [-0.15, -0.1) is 0 Å². The van der Waals surface area contributed by atoms with Crippen LogP contribution in [-0.2, 0) is 0 Å². The van der Waals surface area contributed by atoms with Crippen LogP contribution in [0.4, 0.5) is 0 Å². The molecule has 16 heavy (non-hydrogen) atoms. The topological polar surface area (TPSA) is 12.0 Å². The predicted molar refractivity (Wildman–Crippen MR) is 72.3 cm³/mol. The Morgan fingerprint density at radius 1 is 1.31 bits per heavy atom. The first kappa shape index (κ1) is 13.1. The molecular weight excluding hydrogens is 194 g/mol. The number of hydrogen-bond donors (Lipinski definition) is 1. The second-order valence-electron chi connectivity index (χ2n) is 4.66. The molecule has 0 saturated heterocycles. The van der Waals surface area contributed by atoms with Crippen molar-refractivity contribution in [2.75, 3.05) is 6.54 Å². The number of unbranched alkanes of at least 4 members (excludes halogenated alkanes) is 1. The third kappa shape index (κ3) is 5.79. The molecule has 1 fully saturated rings. The molecule has 0 aromatic rings. The Kier molecular flexibility index (Phi) is 5.99. The van der Waals surface area contributed by atoms with Crippen LogP contribution in [0.15, 0.2) is 36.1 Å². The lowest BCUT2D eigenvalue weighted by Crippen LogP contribution is -2.15. The monoisotopic (exact) mass is 219 g/mol. The van der Waals surface area contributed by atoms with Crippen LogP contribution in [0.25, 0.3) is 0 Å². The van der Waals surface area contributed by atoms with Crippen LogP contribution in [0.3, 0.4) is 0 Å². The van der Waals surface area contributed by atoms with E-state index in [0.717, 1.165) is 31.7 Å². The molecule has 1 N–H and O–H groups in total. The summed E-state index contributed by atoms with van der Waals surface area (Å²) in [5, 5.41) is 3.42. The van der Waals surface area contributed by atoms with E-state index in [1.165, 1.54) is 24.1 Å². The van der Waals surface area contributed by atoms with Crippen LogP contribution < -0.4 is 5.32 Å². The summed E-state index contributed by atoms with van der Waals surface area (Å²) < 4.78 is 0. The van der Waals surface area contributed by atoms with Gasteiger partial charge in [0.05, 0.1) is 0 Å². The fourth-order valence-electron chi connectivity index (χ4n) is 1.61. The van der Waals surface area contributed by atoms with Gasteiger partial charge in [0.15, 0.2) is 0 Å². The molecule has 1 aliphatic carbocycles. The van der Waals surface area contributed by atoms with Crippen molar-refractivity contribution in [3.8, 4) is 0 Å². The fraction of sp³-hybridized carbons (Fsp3) is 0.600. The Hall–Kier alpha value is -0.980. The molecule has 0 bridgehead atoms. The molecule has 1 heteroatoms. The van der Waals surface area contributed by atoms with Crippen molar-refractivity contribution in [1.82, 2.24) is 5.32 Å². The Morgan fingerprint density at radius 3 is 2.69 bits per heavy atom. The Labute approximate surface area is 100 Å². The van der Waals surface area contributed by atoms with E-state index in [9.17, 15) is 0 Å². The van der Waals surface area contributed by atoms with E-state index in [-0.39, 0.29) is 0 Å². The van der Waals surface area contributed by atoms with Crippen molar-refractivity contribution in [3.05, 3.63) is 36.1 Å². The Morgan fingerprint density at radius 2 is 2.06 bits per heavy atom. The quantitative estimate of drug-likeness (QED) is 0.477. The lowest BCUT2D eigenvalue weighted by molar-refractivity contribution is 0.785. The van der Waals surface area contributed by atoms with Gasteiger partial charge < -0.3 is 5.32 Å². The van der Waals surface area contributed by atoms with Gasteiger partial charge in [-0.2, -0.15) is 0 Å². The highest BCUT2D eigenvalue weighted by atomic mass is 14.9. The number of rotatable bonds is 8. The summed E-state index contributed by atoms with van der Waals surface area (Å²) in [4.78, 5) is 0. The van der Waals surface area contributed by atoms with Crippen molar-refractivity contribution in [1.29, 1.82) is 0 Å². The summed E-state index contributed by atoms with van der Waals surface area (Å²) in [6, 6.07) is 0. The molecule has 0 spiro atoms. The molecular formula is C15H25N. The minimum atomic E-state index is 0.764. The minimum absolute atomic E-state index is 0.764. The summed E-state index contributed by atoms with van der Waals surface area (Å²) in [6.45, 7) is 9.39. The molecule has 0 aromatic carbocycles. The highest BCUT2D eigenvalue weighted by Gasteiger charge is 2.23. The first-order valence-electron chi connectivity index (χ1n) is 6.47. The maximum Gasteiger partial charge on any atom is 0.0354 e. The number of hydrogen-bond acceptors (Lipinski definition) is 1. The standard InChI is InChI=1S/C15H25N/c1-4-5-6-7-8-9-13(2)12-16-14(3)15-10-11-15/h5-6,9,15-16H,3-4,7-8,10-12H2,1-2H3/b6-5-,13-9+. The first-order chi connectivity index (χ1) is 7.74. The molecule has 1 rings (SSSR count). The Bertz CT molecular complexity index is 269. The van der Waals surface area contributed by atoms with E-state index in [0.29, 0.717) is 0 Å². The molecule has 0 unspecified atom stereocenters. The molecule has 0 heterocycles. The zero-order valence-corrected chi connectivity index (χ0v) is 10.8. The molecule has 0 radical (unpaired) electrons. The van der Waals surface area contributed by atoms with E-state index < -0.39 is 0 Å². The van der Waals surface area contributed by atoms with E-state index in [1.54, 1.807) is 0 Å². The summed E-state index contributed by atoms with van der Waals surface area (Å²) >= 11 is 0. The van der Waals surface area contributed by atoms with Crippen molar-refractivity contribution in [2.24, 2.45) is 5.92 Å². The predicted octanol–water partition coefficient (Wildman–Crippen LogP) is 4.19. The van der Waals surface area contributed by atoms with E-state index in [1.807, 2.05) is 0 Å². The maximum atomic E-state index is 4.06. The van der Waals surface area contributed by atoms with Crippen LogP contribution in [-0.4, -0.2) is 6.54 Å². The molecule has 90 valence electrons. The highest BCUT2D eigenvalue weighted by molar-refractivity contribution is 5.10. The van der Waals surface area contributed by atoms with Crippen LogP contribution in [0.1, 0.15) is 46.0 Å². The molecule has 0 atom stereocenters. The zero-order valence-electron chi connectivity index (χ0n) is 10.8. The van der Waals surface area contributed by atoms with E-state index >= 15 is 0 Å². The third-order valence-electron chi connectivity index (χ3n) is 2.89. The smallest absolute Gasteiger partial charge is 0.0354 e. The van der Waals surface area contributed by atoms with Crippen LogP contribution >= 0.6 is 0 Å². The summed E-state index contributed by atoms with van der Waals surface area (Å²) in [6.07, 6.45) is 12.9. The van der Waals surface area contributed by atoms with Gasteiger partial charge in [-0.3, -0.25) is 0 Å². The van der Waals surface area contributed by atoms with Crippen molar-refractivity contribution in [3.63, 3.8) is 0 Å². The van der Waals surface area contributed by atoms with Crippen molar-refractivity contribution < 1.29 is 0 Å². The Balaban J connectivity index is 2.08. The van der Waals surface area contributed by atoms with E-state index in [2.05, 4.69) is 44.0 Å². The van der Waals surface area contributed by atoms with Gasteiger partial charge >= 0.3 is 0 Å². The fourth-order valence-corrected chi connectivity index (χ4v) is 1.61. The van der Waals surface area contributed by atoms with Gasteiger partial charge in [-0.1, -0.05) is 37.3 Å². The normalized spacial score (nSPS) is 16.8. The second-order valence-corrected chi connectivity index (χ2v) is 4.66. The number of allylic oxidation sites excluding steroid dienone is 4. The van der Waals surface area contributed by atoms with Gasteiger partial charge in [-0.25, -0.2) is 0 Å². The highest BCUT2D eigenvalue weighted by Crippen LogP contribution is 2.33. The number of nitrogens with one attached hydrogen (secondary N) is 1. The average molecular weight is 219 g/mol. The van der Waals surface area contributed by atoms with Gasteiger partial charge in [0.25, 0.3) is 0 Å². The summed E-state index contributed by atoms with van der Waals surface area (Å²) in [7, 11) is 0. The minimum Gasteiger partial charge on any atom is -0.385 e. The molecule has 1 saturated carbocycles. The van der Waals surface area contributed by atoms with Crippen LogP contribution in [0, 0.1) is 5.92 Å². The van der Waals surface area contributed by atoms with Crippen LogP contribution in [0.5, 0.6) is 0 Å². The van der Waals surface area contributed by atoms with Gasteiger partial charge in [0.1, 0.15) is 0 Å². The largest absolute Gasteiger partial charge is 0.385 e. The third-order valence-corrected chi connectivity index (χ3v) is 2.89. The first-order valence-corrected chi connectivity index (χ1v) is 6.47. The van der Waals surface area contributed by atoms with Gasteiger partial charge in [0, 0.05) is 12.2 Å². The lowest BCUT2D eigenvalue weighted by Gasteiger charge is -2.08. The lowest BCUT2D eigenvalue weighted by atomic mass is 10.2. The molecule has 1 aliphatic rings. The second kappa shape index (κ2) is 7.32. The average Bonchev–Trinajstić information content (AvgIpc) is 3.09. The van der Waals surface area contributed by atoms with Crippen molar-refractivity contribution in [2.45, 2.75) is 46.0 Å². The molecule has 0 aromatic heterocycles. The SMILES string of the molecule is C=C(NC/C(C)=C/CC/C=C\CC)C1CC1. The molecule has 0 amide bonds. The van der Waals surface area contributed by atoms with Crippen molar-refractivity contribution >= 4 is 0 Å². The summed E-state index contributed by atoms with van der Waals surface area (Å²) in [5.41, 5.74) is 2.66. The van der Waals surface area contributed by atoms with Gasteiger partial charge in [-0.05, 0) is 44.9 Å². The van der Waals surface area contributed by atoms with E-state index in [4.69, 9.17) is 0 Å². The maximum absolute atomic E-state index is 4.06. The molecule has 1 nitrogen and oxygen atoms in total. The van der Waals surface area contributed by atoms with Gasteiger partial charge in [0.2, 0.25) is 0 Å².